The van der Waals surface area contributed by atoms with Gasteiger partial charge in [-0.1, -0.05) is 6.92 Å². The summed E-state index contributed by atoms with van der Waals surface area (Å²) in [4.78, 5) is 28.5. The Morgan fingerprint density at radius 1 is 1.35 bits per heavy atom. The summed E-state index contributed by atoms with van der Waals surface area (Å²) in [5.74, 6) is 0.503. The lowest BCUT2D eigenvalue weighted by molar-refractivity contribution is -0.133. The molecule has 2 aromatic heterocycles. The summed E-state index contributed by atoms with van der Waals surface area (Å²) in [5.41, 5.74) is 0.503. The van der Waals surface area contributed by atoms with E-state index in [0.717, 1.165) is 36.5 Å². The summed E-state index contributed by atoms with van der Waals surface area (Å²) in [6.45, 7) is 5.76. The number of aryl methyl sites for hydroxylation is 1. The summed E-state index contributed by atoms with van der Waals surface area (Å²) in [6, 6.07) is 7.23. The zero-order chi connectivity index (χ0) is 16.4. The van der Waals surface area contributed by atoms with Crippen molar-refractivity contribution >= 4 is 17.2 Å². The number of carbonyl (C=O) groups excluding carboxylic acids is 1. The minimum atomic E-state index is -0.236. The van der Waals surface area contributed by atoms with E-state index in [2.05, 4.69) is 12.0 Å². The normalized spacial score (nSPS) is 18.2. The number of likely N-dealkylation sites (tertiary alicyclic amines) is 1. The molecular weight excluding hydrogens is 310 g/mol. The zero-order valence-corrected chi connectivity index (χ0v) is 14.3. The molecule has 0 unspecified atom stereocenters. The van der Waals surface area contributed by atoms with Crippen LogP contribution in [0.25, 0.3) is 10.6 Å². The second kappa shape index (κ2) is 6.66. The van der Waals surface area contributed by atoms with Crippen LogP contribution < -0.4 is 5.56 Å². The van der Waals surface area contributed by atoms with E-state index in [4.69, 9.17) is 0 Å². The molecule has 1 saturated heterocycles. The van der Waals surface area contributed by atoms with E-state index >= 15 is 0 Å². The topological polar surface area (TPSA) is 55.2 Å². The van der Waals surface area contributed by atoms with Gasteiger partial charge in [-0.2, -0.15) is 5.10 Å². The Kier molecular flexibility index (Phi) is 4.61. The minimum absolute atomic E-state index is 0.0176. The van der Waals surface area contributed by atoms with Crippen LogP contribution in [-0.2, 0) is 11.3 Å². The van der Waals surface area contributed by atoms with E-state index in [1.54, 1.807) is 17.4 Å². The average molecular weight is 331 g/mol. The van der Waals surface area contributed by atoms with Crippen molar-refractivity contribution in [2.75, 3.05) is 13.1 Å². The predicted octanol–water partition coefficient (Wildman–Crippen LogP) is 2.54. The molecule has 0 radical (unpaired) electrons. The molecule has 3 rings (SSSR count). The van der Waals surface area contributed by atoms with Gasteiger partial charge in [0.15, 0.2) is 0 Å². The number of amides is 1. The molecule has 5 nitrogen and oxygen atoms in total. The Balaban J connectivity index is 1.79. The molecule has 0 bridgehead atoms. The second-order valence-corrected chi connectivity index (χ2v) is 7.50. The Morgan fingerprint density at radius 2 is 2.17 bits per heavy atom. The summed E-state index contributed by atoms with van der Waals surface area (Å²) < 4.78 is 1.28. The van der Waals surface area contributed by atoms with E-state index in [1.165, 1.54) is 15.6 Å². The SMILES string of the molecule is Cc1ccc(-c2ccc(=O)n(CC(=O)N3CCC[C@H](C)C3)n2)s1. The quantitative estimate of drug-likeness (QED) is 0.868. The van der Waals surface area contributed by atoms with E-state index in [-0.39, 0.29) is 18.0 Å². The Bertz CT molecular complexity index is 765. The molecule has 23 heavy (non-hydrogen) atoms. The molecule has 1 aliphatic rings. The van der Waals surface area contributed by atoms with Gasteiger partial charge in [-0.25, -0.2) is 4.68 Å². The van der Waals surface area contributed by atoms with Gasteiger partial charge in [0.05, 0.1) is 4.88 Å². The van der Waals surface area contributed by atoms with E-state index in [1.807, 2.05) is 24.0 Å². The largest absolute Gasteiger partial charge is 0.341 e. The molecule has 0 aliphatic carbocycles. The lowest BCUT2D eigenvalue weighted by Gasteiger charge is -2.30. The van der Waals surface area contributed by atoms with Crippen LogP contribution in [0.5, 0.6) is 0 Å². The third-order valence-electron chi connectivity index (χ3n) is 4.15. The lowest BCUT2D eigenvalue weighted by Crippen LogP contribution is -2.42. The highest BCUT2D eigenvalue weighted by Gasteiger charge is 2.21. The fraction of sp³-hybridized carbons (Fsp3) is 0.471. The van der Waals surface area contributed by atoms with Gasteiger partial charge < -0.3 is 4.90 Å². The molecule has 3 heterocycles. The molecule has 0 saturated carbocycles. The molecule has 1 fully saturated rings. The second-order valence-electron chi connectivity index (χ2n) is 6.21. The maximum absolute atomic E-state index is 12.4. The predicted molar refractivity (Wildman–Crippen MR) is 91.5 cm³/mol. The van der Waals surface area contributed by atoms with Gasteiger partial charge in [0.1, 0.15) is 12.2 Å². The Labute approximate surface area is 139 Å². The third-order valence-corrected chi connectivity index (χ3v) is 5.18. The molecular formula is C17H21N3O2S. The first kappa shape index (κ1) is 15.9. The molecule has 6 heteroatoms. The number of piperidine rings is 1. The Hall–Kier alpha value is -1.95. The van der Waals surface area contributed by atoms with Crippen LogP contribution in [0.2, 0.25) is 0 Å². The van der Waals surface area contributed by atoms with Crippen LogP contribution in [0, 0.1) is 12.8 Å². The lowest BCUT2D eigenvalue weighted by atomic mass is 10.0. The van der Waals surface area contributed by atoms with Crippen LogP contribution in [-0.4, -0.2) is 33.7 Å². The highest BCUT2D eigenvalue weighted by molar-refractivity contribution is 7.15. The molecule has 1 amide bonds. The number of aromatic nitrogens is 2. The molecule has 0 spiro atoms. The maximum Gasteiger partial charge on any atom is 0.267 e. The van der Waals surface area contributed by atoms with Crippen LogP contribution in [0.1, 0.15) is 24.6 Å². The van der Waals surface area contributed by atoms with Crippen molar-refractivity contribution in [3.63, 3.8) is 0 Å². The Morgan fingerprint density at radius 3 is 2.87 bits per heavy atom. The molecule has 2 aromatic rings. The van der Waals surface area contributed by atoms with E-state index < -0.39 is 0 Å². The maximum atomic E-state index is 12.4. The van der Waals surface area contributed by atoms with E-state index in [9.17, 15) is 9.59 Å². The molecule has 0 aromatic carbocycles. The summed E-state index contributed by atoms with van der Waals surface area (Å²) in [6.07, 6.45) is 2.19. The highest BCUT2D eigenvalue weighted by Crippen LogP contribution is 2.25. The number of nitrogens with zero attached hydrogens (tertiary/aromatic N) is 3. The van der Waals surface area contributed by atoms with Gasteiger partial charge in [-0.05, 0) is 43.9 Å². The summed E-state index contributed by atoms with van der Waals surface area (Å²) in [7, 11) is 0. The third kappa shape index (κ3) is 3.69. The van der Waals surface area contributed by atoms with Crippen LogP contribution >= 0.6 is 11.3 Å². The number of hydrogen-bond acceptors (Lipinski definition) is 4. The van der Waals surface area contributed by atoms with Crippen LogP contribution in [0.4, 0.5) is 0 Å². The standard InChI is InChI=1S/C17H21N3O2S/c1-12-4-3-9-19(10-12)17(22)11-20-16(21)8-6-14(18-20)15-7-5-13(2)23-15/h5-8,12H,3-4,9-11H2,1-2H3/t12-/m0/s1. The van der Waals surface area contributed by atoms with Gasteiger partial charge in [0.2, 0.25) is 5.91 Å². The minimum Gasteiger partial charge on any atom is -0.341 e. The molecule has 1 aliphatic heterocycles. The molecule has 1 atom stereocenters. The number of rotatable bonds is 3. The average Bonchev–Trinajstić information content (AvgIpc) is 2.96. The fourth-order valence-electron chi connectivity index (χ4n) is 2.91. The number of carbonyl (C=O) groups is 1. The van der Waals surface area contributed by atoms with Gasteiger partial charge in [0, 0.05) is 24.0 Å². The van der Waals surface area contributed by atoms with Gasteiger partial charge >= 0.3 is 0 Å². The van der Waals surface area contributed by atoms with Crippen molar-refractivity contribution in [1.29, 1.82) is 0 Å². The first-order valence-corrected chi connectivity index (χ1v) is 8.77. The fourth-order valence-corrected chi connectivity index (χ4v) is 3.74. The van der Waals surface area contributed by atoms with Crippen LogP contribution in [0.3, 0.4) is 0 Å². The smallest absolute Gasteiger partial charge is 0.267 e. The highest BCUT2D eigenvalue weighted by atomic mass is 32.1. The van der Waals surface area contributed by atoms with Crippen molar-refractivity contribution in [2.45, 2.75) is 33.2 Å². The van der Waals surface area contributed by atoms with Crippen molar-refractivity contribution in [3.8, 4) is 10.6 Å². The molecule has 0 N–H and O–H groups in total. The van der Waals surface area contributed by atoms with Crippen molar-refractivity contribution in [2.24, 2.45) is 5.92 Å². The summed E-state index contributed by atoms with van der Waals surface area (Å²) >= 11 is 1.63. The first-order valence-electron chi connectivity index (χ1n) is 7.95. The van der Waals surface area contributed by atoms with Crippen LogP contribution in [0.15, 0.2) is 29.1 Å². The van der Waals surface area contributed by atoms with E-state index in [0.29, 0.717) is 5.92 Å². The monoisotopic (exact) mass is 331 g/mol. The van der Waals surface area contributed by atoms with Crippen molar-refractivity contribution in [3.05, 3.63) is 39.5 Å². The number of thiophene rings is 1. The first-order chi connectivity index (χ1) is 11.0. The van der Waals surface area contributed by atoms with Crippen molar-refractivity contribution < 1.29 is 4.79 Å². The number of hydrogen-bond donors (Lipinski definition) is 0. The summed E-state index contributed by atoms with van der Waals surface area (Å²) in [5, 5.41) is 4.38. The zero-order valence-electron chi connectivity index (χ0n) is 13.5. The van der Waals surface area contributed by atoms with Gasteiger partial charge in [0.25, 0.3) is 5.56 Å². The molecule has 122 valence electrons. The van der Waals surface area contributed by atoms with Gasteiger partial charge in [-0.3, -0.25) is 9.59 Å². The van der Waals surface area contributed by atoms with Gasteiger partial charge in [-0.15, -0.1) is 11.3 Å². The van der Waals surface area contributed by atoms with Crippen molar-refractivity contribution in [1.82, 2.24) is 14.7 Å².